The van der Waals surface area contributed by atoms with E-state index in [-0.39, 0.29) is 11.5 Å². The van der Waals surface area contributed by atoms with Gasteiger partial charge in [0.1, 0.15) is 5.82 Å². The van der Waals surface area contributed by atoms with E-state index >= 15 is 0 Å². The van der Waals surface area contributed by atoms with Crippen LogP contribution in [0.2, 0.25) is 0 Å². The molecule has 1 aromatic carbocycles. The first kappa shape index (κ1) is 14.5. The van der Waals surface area contributed by atoms with Crippen LogP contribution in [0.5, 0.6) is 0 Å². The molecule has 5 heteroatoms. The van der Waals surface area contributed by atoms with E-state index in [4.69, 9.17) is 0 Å². The third-order valence-corrected chi connectivity index (χ3v) is 4.05. The van der Waals surface area contributed by atoms with Crippen LogP contribution in [0.15, 0.2) is 22.7 Å². The van der Waals surface area contributed by atoms with Crippen molar-refractivity contribution in [1.82, 2.24) is 10.6 Å². The highest BCUT2D eigenvalue weighted by molar-refractivity contribution is 9.10. The number of nitrogens with one attached hydrogen (secondary N) is 2. The van der Waals surface area contributed by atoms with Crippen LogP contribution in [0.1, 0.15) is 29.6 Å². The second kappa shape index (κ2) is 7.01. The summed E-state index contributed by atoms with van der Waals surface area (Å²) in [7, 11) is 0. The van der Waals surface area contributed by atoms with Crippen molar-refractivity contribution in [1.29, 1.82) is 0 Å². The third-order valence-electron chi connectivity index (χ3n) is 3.43. The van der Waals surface area contributed by atoms with E-state index in [0.29, 0.717) is 16.9 Å². The molecule has 1 atom stereocenters. The number of hydrogen-bond donors (Lipinski definition) is 2. The number of amides is 1. The van der Waals surface area contributed by atoms with Gasteiger partial charge in [0.05, 0.1) is 10.0 Å². The Labute approximate surface area is 121 Å². The molecule has 0 spiro atoms. The molecule has 1 unspecified atom stereocenters. The summed E-state index contributed by atoms with van der Waals surface area (Å²) in [5.41, 5.74) is 0.0937. The Balaban J connectivity index is 1.82. The summed E-state index contributed by atoms with van der Waals surface area (Å²) < 4.78 is 14.0. The average Bonchev–Trinajstić information content (AvgIpc) is 2.43. The Hall–Kier alpha value is -0.940. The zero-order chi connectivity index (χ0) is 13.7. The molecule has 19 heavy (non-hydrogen) atoms. The van der Waals surface area contributed by atoms with Crippen LogP contribution in [0.25, 0.3) is 0 Å². The molecule has 1 heterocycles. The van der Waals surface area contributed by atoms with E-state index in [1.54, 1.807) is 12.1 Å². The number of hydrogen-bond acceptors (Lipinski definition) is 2. The molecule has 1 aliphatic rings. The summed E-state index contributed by atoms with van der Waals surface area (Å²) in [6.45, 7) is 2.70. The maximum Gasteiger partial charge on any atom is 0.254 e. The molecule has 0 radical (unpaired) electrons. The minimum absolute atomic E-state index is 0.0937. The van der Waals surface area contributed by atoms with Gasteiger partial charge in [-0.2, -0.15) is 0 Å². The van der Waals surface area contributed by atoms with Crippen molar-refractivity contribution in [3.05, 3.63) is 34.1 Å². The topological polar surface area (TPSA) is 41.1 Å². The van der Waals surface area contributed by atoms with Crippen LogP contribution in [0.3, 0.4) is 0 Å². The average molecular weight is 329 g/mol. The van der Waals surface area contributed by atoms with Crippen LogP contribution >= 0.6 is 15.9 Å². The predicted octanol–water partition coefficient (Wildman–Crippen LogP) is 2.71. The van der Waals surface area contributed by atoms with Crippen LogP contribution in [0, 0.1) is 11.7 Å². The summed E-state index contributed by atoms with van der Waals surface area (Å²) in [5, 5.41) is 6.13. The van der Waals surface area contributed by atoms with E-state index in [0.717, 1.165) is 19.5 Å². The van der Waals surface area contributed by atoms with E-state index < -0.39 is 5.82 Å². The number of rotatable bonds is 4. The standard InChI is InChI=1S/C14H18BrFN2O/c15-12-5-1-4-11(13(12)16)14(19)18-8-6-10-3-2-7-17-9-10/h1,4-5,10,17H,2-3,6-9H2,(H,18,19). The van der Waals surface area contributed by atoms with E-state index in [9.17, 15) is 9.18 Å². The van der Waals surface area contributed by atoms with Crippen LogP contribution in [0.4, 0.5) is 4.39 Å². The van der Waals surface area contributed by atoms with Crippen molar-refractivity contribution in [3.63, 3.8) is 0 Å². The van der Waals surface area contributed by atoms with Crippen molar-refractivity contribution in [3.8, 4) is 0 Å². The number of benzene rings is 1. The van der Waals surface area contributed by atoms with Gasteiger partial charge in [-0.3, -0.25) is 4.79 Å². The van der Waals surface area contributed by atoms with Gasteiger partial charge in [0, 0.05) is 6.54 Å². The Bertz CT molecular complexity index is 447. The van der Waals surface area contributed by atoms with Crippen molar-refractivity contribution in [2.75, 3.05) is 19.6 Å². The fraction of sp³-hybridized carbons (Fsp3) is 0.500. The Morgan fingerprint density at radius 2 is 2.37 bits per heavy atom. The van der Waals surface area contributed by atoms with Crippen molar-refractivity contribution >= 4 is 21.8 Å². The first-order chi connectivity index (χ1) is 9.18. The van der Waals surface area contributed by atoms with Gasteiger partial charge in [0.2, 0.25) is 0 Å². The molecule has 1 aromatic rings. The van der Waals surface area contributed by atoms with Gasteiger partial charge in [-0.05, 0) is 66.3 Å². The van der Waals surface area contributed by atoms with Gasteiger partial charge in [0.25, 0.3) is 5.91 Å². The van der Waals surface area contributed by atoms with Crippen molar-refractivity contribution < 1.29 is 9.18 Å². The summed E-state index contributed by atoms with van der Waals surface area (Å²) in [4.78, 5) is 11.9. The lowest BCUT2D eigenvalue weighted by Crippen LogP contribution is -2.33. The molecule has 0 saturated carbocycles. The van der Waals surface area contributed by atoms with Crippen molar-refractivity contribution in [2.24, 2.45) is 5.92 Å². The van der Waals surface area contributed by atoms with E-state index in [2.05, 4.69) is 26.6 Å². The molecule has 0 aromatic heterocycles. The smallest absolute Gasteiger partial charge is 0.254 e. The van der Waals surface area contributed by atoms with Gasteiger partial charge in [-0.1, -0.05) is 6.07 Å². The molecular formula is C14H18BrFN2O. The summed E-state index contributed by atoms with van der Waals surface area (Å²) in [6.07, 6.45) is 3.33. The highest BCUT2D eigenvalue weighted by atomic mass is 79.9. The molecule has 0 aliphatic carbocycles. The number of carbonyl (C=O) groups is 1. The van der Waals surface area contributed by atoms with Gasteiger partial charge >= 0.3 is 0 Å². The zero-order valence-corrected chi connectivity index (χ0v) is 12.3. The number of carbonyl (C=O) groups excluding carboxylic acids is 1. The largest absolute Gasteiger partial charge is 0.352 e. The maximum atomic E-state index is 13.7. The highest BCUT2D eigenvalue weighted by Gasteiger charge is 2.15. The lowest BCUT2D eigenvalue weighted by atomic mass is 9.96. The van der Waals surface area contributed by atoms with Gasteiger partial charge in [-0.25, -0.2) is 4.39 Å². The Morgan fingerprint density at radius 1 is 1.53 bits per heavy atom. The molecule has 2 N–H and O–H groups in total. The quantitative estimate of drug-likeness (QED) is 0.892. The summed E-state index contributed by atoms with van der Waals surface area (Å²) >= 11 is 3.08. The van der Waals surface area contributed by atoms with Gasteiger partial charge in [-0.15, -0.1) is 0 Å². The molecule has 2 rings (SSSR count). The SMILES string of the molecule is O=C(NCCC1CCCNC1)c1cccc(Br)c1F. The van der Waals surface area contributed by atoms with Gasteiger partial charge in [0.15, 0.2) is 0 Å². The summed E-state index contributed by atoms with van der Waals surface area (Å²) in [6, 6.07) is 4.74. The third kappa shape index (κ3) is 4.01. The minimum atomic E-state index is -0.501. The molecule has 1 fully saturated rings. The van der Waals surface area contributed by atoms with Crippen LogP contribution in [-0.2, 0) is 0 Å². The molecule has 1 amide bonds. The molecule has 104 valence electrons. The number of halogens is 2. The van der Waals surface area contributed by atoms with E-state index in [1.807, 2.05) is 0 Å². The fourth-order valence-electron chi connectivity index (χ4n) is 2.33. The molecule has 0 bridgehead atoms. The minimum Gasteiger partial charge on any atom is -0.352 e. The first-order valence-electron chi connectivity index (χ1n) is 6.61. The fourth-order valence-corrected chi connectivity index (χ4v) is 2.70. The van der Waals surface area contributed by atoms with Crippen molar-refractivity contribution in [2.45, 2.75) is 19.3 Å². The Morgan fingerprint density at radius 3 is 3.11 bits per heavy atom. The lowest BCUT2D eigenvalue weighted by Gasteiger charge is -2.22. The normalized spacial score (nSPS) is 19.2. The van der Waals surface area contributed by atoms with Crippen LogP contribution in [-0.4, -0.2) is 25.5 Å². The predicted molar refractivity (Wildman–Crippen MR) is 76.6 cm³/mol. The second-order valence-corrected chi connectivity index (χ2v) is 5.71. The molecular weight excluding hydrogens is 311 g/mol. The van der Waals surface area contributed by atoms with Crippen LogP contribution < -0.4 is 10.6 Å². The maximum absolute atomic E-state index is 13.7. The second-order valence-electron chi connectivity index (χ2n) is 4.86. The highest BCUT2D eigenvalue weighted by Crippen LogP contribution is 2.18. The molecule has 1 saturated heterocycles. The van der Waals surface area contributed by atoms with Gasteiger partial charge < -0.3 is 10.6 Å². The molecule has 3 nitrogen and oxygen atoms in total. The number of piperidine rings is 1. The monoisotopic (exact) mass is 328 g/mol. The lowest BCUT2D eigenvalue weighted by molar-refractivity contribution is 0.0946. The molecule has 1 aliphatic heterocycles. The first-order valence-corrected chi connectivity index (χ1v) is 7.40. The Kier molecular flexibility index (Phi) is 5.34. The van der Waals surface area contributed by atoms with E-state index in [1.165, 1.54) is 18.9 Å². The summed E-state index contributed by atoms with van der Waals surface area (Å²) in [5.74, 6) is -0.233. The zero-order valence-electron chi connectivity index (χ0n) is 10.7.